The van der Waals surface area contributed by atoms with Crippen molar-refractivity contribution >= 4 is 5.91 Å². The molecule has 1 rings (SSSR count). The van der Waals surface area contributed by atoms with Crippen LogP contribution in [0.3, 0.4) is 0 Å². The van der Waals surface area contributed by atoms with Gasteiger partial charge in [0, 0.05) is 12.5 Å². The third-order valence-corrected chi connectivity index (χ3v) is 4.61. The van der Waals surface area contributed by atoms with E-state index in [1.807, 2.05) is 0 Å². The summed E-state index contributed by atoms with van der Waals surface area (Å²) in [5, 5.41) is 3.06. The van der Waals surface area contributed by atoms with Gasteiger partial charge >= 0.3 is 0 Å². The fourth-order valence-corrected chi connectivity index (χ4v) is 2.88. The van der Waals surface area contributed by atoms with E-state index in [0.29, 0.717) is 6.04 Å². The van der Waals surface area contributed by atoms with Crippen LogP contribution in [0.2, 0.25) is 0 Å². The second kappa shape index (κ2) is 14.8. The smallest absolute Gasteiger partial charge is 0.220 e. The molecule has 1 amide bonds. The van der Waals surface area contributed by atoms with Crippen LogP contribution in [0.5, 0.6) is 0 Å². The van der Waals surface area contributed by atoms with Crippen molar-refractivity contribution in [1.82, 2.24) is 5.32 Å². The van der Waals surface area contributed by atoms with Gasteiger partial charge in [0.15, 0.2) is 0 Å². The van der Waals surface area contributed by atoms with Gasteiger partial charge in [0.1, 0.15) is 0 Å². The molecule has 0 spiro atoms. The molecule has 0 aromatic rings. The molecular formula is C21H39NO. The van der Waals surface area contributed by atoms with E-state index in [4.69, 9.17) is 0 Å². The van der Waals surface area contributed by atoms with Crippen molar-refractivity contribution in [3.8, 4) is 0 Å². The van der Waals surface area contributed by atoms with Gasteiger partial charge in [0.05, 0.1) is 0 Å². The summed E-state index contributed by atoms with van der Waals surface area (Å²) < 4.78 is 0. The molecule has 1 N–H and O–H groups in total. The predicted molar refractivity (Wildman–Crippen MR) is 101 cm³/mol. The highest BCUT2D eigenvalue weighted by Gasteiger charge is 2.22. The Morgan fingerprint density at radius 2 is 1.35 bits per heavy atom. The zero-order valence-corrected chi connectivity index (χ0v) is 15.5. The molecule has 0 heterocycles. The molecule has 0 saturated heterocycles. The number of carbonyl (C=O) groups excluding carboxylic acids is 1. The molecule has 23 heavy (non-hydrogen) atoms. The van der Waals surface area contributed by atoms with Crippen LogP contribution in [-0.2, 0) is 4.79 Å². The summed E-state index contributed by atoms with van der Waals surface area (Å²) >= 11 is 0. The minimum absolute atomic E-state index is 0.269. The van der Waals surface area contributed by atoms with Crippen LogP contribution in [0.15, 0.2) is 12.2 Å². The number of rotatable bonds is 16. The van der Waals surface area contributed by atoms with Crippen molar-refractivity contribution in [3.63, 3.8) is 0 Å². The van der Waals surface area contributed by atoms with Crippen molar-refractivity contribution in [2.75, 3.05) is 0 Å². The molecule has 1 aliphatic rings. The van der Waals surface area contributed by atoms with E-state index in [0.717, 1.165) is 12.8 Å². The van der Waals surface area contributed by atoms with Gasteiger partial charge in [-0.1, -0.05) is 70.4 Å². The summed E-state index contributed by atoms with van der Waals surface area (Å²) in [5.41, 5.74) is 0. The Morgan fingerprint density at radius 3 is 1.91 bits per heavy atom. The van der Waals surface area contributed by atoms with Gasteiger partial charge < -0.3 is 5.32 Å². The number of amides is 1. The van der Waals surface area contributed by atoms with Crippen LogP contribution < -0.4 is 5.32 Å². The summed E-state index contributed by atoms with van der Waals surface area (Å²) in [6, 6.07) is 0.519. The third kappa shape index (κ3) is 14.5. The van der Waals surface area contributed by atoms with E-state index in [2.05, 4.69) is 24.4 Å². The van der Waals surface area contributed by atoms with E-state index in [1.165, 1.54) is 89.9 Å². The number of unbranched alkanes of at least 4 members (excludes halogenated alkanes) is 11. The lowest BCUT2D eigenvalue weighted by Gasteiger charge is -2.03. The fourth-order valence-electron chi connectivity index (χ4n) is 2.88. The molecule has 0 aromatic carbocycles. The number of nitrogens with one attached hydrogen (secondary N) is 1. The molecule has 0 radical (unpaired) electrons. The van der Waals surface area contributed by atoms with Gasteiger partial charge in [-0.2, -0.15) is 0 Å². The van der Waals surface area contributed by atoms with Crippen LogP contribution in [-0.4, -0.2) is 11.9 Å². The average Bonchev–Trinajstić information content (AvgIpc) is 3.35. The van der Waals surface area contributed by atoms with E-state index >= 15 is 0 Å². The summed E-state index contributed by atoms with van der Waals surface area (Å²) in [4.78, 5) is 11.5. The van der Waals surface area contributed by atoms with Gasteiger partial charge in [-0.15, -0.1) is 0 Å². The highest BCUT2D eigenvalue weighted by molar-refractivity contribution is 5.76. The van der Waals surface area contributed by atoms with Gasteiger partial charge in [-0.3, -0.25) is 4.79 Å². The van der Waals surface area contributed by atoms with E-state index in [-0.39, 0.29) is 5.91 Å². The molecule has 1 fully saturated rings. The van der Waals surface area contributed by atoms with Crippen LogP contribution >= 0.6 is 0 Å². The summed E-state index contributed by atoms with van der Waals surface area (Å²) in [6.07, 6.45) is 24.9. The number of carbonyl (C=O) groups is 1. The Hall–Kier alpha value is -0.790. The van der Waals surface area contributed by atoms with Crippen molar-refractivity contribution in [3.05, 3.63) is 12.2 Å². The predicted octanol–water partition coefficient (Wildman–Crippen LogP) is 6.30. The minimum atomic E-state index is 0.269. The van der Waals surface area contributed by atoms with E-state index < -0.39 is 0 Å². The standard InChI is InChI=1S/C21H39NO/c1-2-3-4-5-6-7-8-9-10-11-12-13-14-15-16-17-21(23)22-20-18-19-20/h9-10,20H,2-8,11-19H2,1H3,(H,22,23). The molecule has 134 valence electrons. The quantitative estimate of drug-likeness (QED) is 0.262. The lowest BCUT2D eigenvalue weighted by atomic mass is 10.1. The summed E-state index contributed by atoms with van der Waals surface area (Å²) in [5.74, 6) is 0.269. The molecular weight excluding hydrogens is 282 g/mol. The molecule has 0 bridgehead atoms. The van der Waals surface area contributed by atoms with Crippen molar-refractivity contribution in [1.29, 1.82) is 0 Å². The van der Waals surface area contributed by atoms with E-state index in [1.54, 1.807) is 0 Å². The Morgan fingerprint density at radius 1 is 0.826 bits per heavy atom. The topological polar surface area (TPSA) is 29.1 Å². The molecule has 0 atom stereocenters. The third-order valence-electron chi connectivity index (χ3n) is 4.61. The first-order chi connectivity index (χ1) is 11.3. The van der Waals surface area contributed by atoms with Gasteiger partial charge in [0.25, 0.3) is 0 Å². The molecule has 0 aliphatic heterocycles. The van der Waals surface area contributed by atoms with Gasteiger partial charge in [-0.25, -0.2) is 0 Å². The fraction of sp³-hybridized carbons (Fsp3) is 0.857. The average molecular weight is 322 g/mol. The Balaban J connectivity index is 1.71. The first-order valence-electron chi connectivity index (χ1n) is 10.3. The van der Waals surface area contributed by atoms with Crippen molar-refractivity contribution < 1.29 is 4.79 Å². The number of hydrogen-bond donors (Lipinski definition) is 1. The van der Waals surface area contributed by atoms with Gasteiger partial charge in [0.2, 0.25) is 5.91 Å². The molecule has 1 saturated carbocycles. The number of hydrogen-bond acceptors (Lipinski definition) is 1. The largest absolute Gasteiger partial charge is 0.353 e. The van der Waals surface area contributed by atoms with Crippen LogP contribution in [0, 0.1) is 0 Å². The minimum Gasteiger partial charge on any atom is -0.353 e. The van der Waals surface area contributed by atoms with E-state index in [9.17, 15) is 4.79 Å². The molecule has 0 aromatic heterocycles. The van der Waals surface area contributed by atoms with Crippen molar-refractivity contribution in [2.45, 2.75) is 116 Å². The Kier molecular flexibility index (Phi) is 13.0. The highest BCUT2D eigenvalue weighted by atomic mass is 16.1. The maximum atomic E-state index is 11.5. The summed E-state index contributed by atoms with van der Waals surface area (Å²) in [6.45, 7) is 2.27. The monoisotopic (exact) mass is 321 g/mol. The normalized spacial score (nSPS) is 14.5. The maximum absolute atomic E-state index is 11.5. The Labute approximate surface area is 144 Å². The van der Waals surface area contributed by atoms with Gasteiger partial charge in [-0.05, 0) is 44.9 Å². The zero-order valence-electron chi connectivity index (χ0n) is 15.5. The molecule has 0 unspecified atom stereocenters. The maximum Gasteiger partial charge on any atom is 0.220 e. The Bertz CT molecular complexity index is 307. The van der Waals surface area contributed by atoms with Crippen LogP contribution in [0.25, 0.3) is 0 Å². The zero-order chi connectivity index (χ0) is 16.6. The second-order valence-corrected chi connectivity index (χ2v) is 7.18. The number of allylic oxidation sites excluding steroid dienone is 2. The molecule has 1 aliphatic carbocycles. The lowest BCUT2D eigenvalue weighted by molar-refractivity contribution is -0.121. The summed E-state index contributed by atoms with van der Waals surface area (Å²) in [7, 11) is 0. The first kappa shape index (κ1) is 20.3. The van der Waals surface area contributed by atoms with Crippen LogP contribution in [0.1, 0.15) is 110 Å². The second-order valence-electron chi connectivity index (χ2n) is 7.18. The van der Waals surface area contributed by atoms with Crippen molar-refractivity contribution in [2.24, 2.45) is 0 Å². The molecule has 2 nitrogen and oxygen atoms in total. The van der Waals surface area contributed by atoms with Crippen LogP contribution in [0.4, 0.5) is 0 Å². The SMILES string of the molecule is CCCCCCCCC=CCCCCCCCC(=O)NC1CC1. The lowest BCUT2D eigenvalue weighted by Crippen LogP contribution is -2.24. The highest BCUT2D eigenvalue weighted by Crippen LogP contribution is 2.19. The first-order valence-corrected chi connectivity index (χ1v) is 10.3. The molecule has 2 heteroatoms.